The maximum Gasteiger partial charge on any atom is 0.122 e. The quantitative estimate of drug-likeness (QED) is 0.670. The Morgan fingerprint density at radius 2 is 2.06 bits per heavy atom. The minimum atomic E-state index is 0.728. The van der Waals surface area contributed by atoms with Crippen LogP contribution in [0.5, 0.6) is 5.75 Å². The van der Waals surface area contributed by atoms with Crippen LogP contribution in [0, 0.1) is 6.92 Å². The number of benzene rings is 1. The van der Waals surface area contributed by atoms with E-state index in [4.69, 9.17) is 4.74 Å². The first-order chi connectivity index (χ1) is 8.13. The zero-order chi connectivity index (χ0) is 12.7. The topological polar surface area (TPSA) is 12.5 Å². The standard InChI is InChI=1S/C15H23NO/c1-5-16(12-13(2)3)10-11-17-15-9-7-6-8-14(15)4/h6-9H,2,5,10-12H2,1,3-4H3. The number of likely N-dealkylation sites (N-methyl/N-ethyl adjacent to an activating group) is 1. The fourth-order valence-electron chi connectivity index (χ4n) is 1.73. The van der Waals surface area contributed by atoms with Crippen molar-refractivity contribution in [2.24, 2.45) is 0 Å². The maximum atomic E-state index is 5.78. The SMILES string of the molecule is C=C(C)CN(CC)CCOc1ccccc1C. The Labute approximate surface area is 105 Å². The van der Waals surface area contributed by atoms with Crippen LogP contribution in [-0.2, 0) is 0 Å². The molecule has 0 radical (unpaired) electrons. The number of hydrogen-bond acceptors (Lipinski definition) is 2. The lowest BCUT2D eigenvalue weighted by molar-refractivity contribution is 0.226. The molecule has 0 heterocycles. The number of ether oxygens (including phenoxy) is 1. The van der Waals surface area contributed by atoms with E-state index in [-0.39, 0.29) is 0 Å². The van der Waals surface area contributed by atoms with E-state index >= 15 is 0 Å². The molecule has 0 unspecified atom stereocenters. The van der Waals surface area contributed by atoms with Gasteiger partial charge < -0.3 is 4.74 Å². The van der Waals surface area contributed by atoms with Crippen molar-refractivity contribution in [2.75, 3.05) is 26.2 Å². The molecule has 1 rings (SSSR count). The lowest BCUT2D eigenvalue weighted by atomic mass is 10.2. The van der Waals surface area contributed by atoms with Gasteiger partial charge in [0, 0.05) is 13.1 Å². The summed E-state index contributed by atoms with van der Waals surface area (Å²) in [5.41, 5.74) is 2.39. The van der Waals surface area contributed by atoms with E-state index < -0.39 is 0 Å². The van der Waals surface area contributed by atoms with Crippen LogP contribution in [-0.4, -0.2) is 31.1 Å². The van der Waals surface area contributed by atoms with Gasteiger partial charge in [-0.1, -0.05) is 37.3 Å². The van der Waals surface area contributed by atoms with Gasteiger partial charge in [-0.3, -0.25) is 4.90 Å². The lowest BCUT2D eigenvalue weighted by Gasteiger charge is -2.20. The first-order valence-corrected chi connectivity index (χ1v) is 6.18. The Balaban J connectivity index is 2.36. The summed E-state index contributed by atoms with van der Waals surface area (Å²) < 4.78 is 5.78. The highest BCUT2D eigenvalue weighted by atomic mass is 16.5. The summed E-state index contributed by atoms with van der Waals surface area (Å²) in [5, 5.41) is 0. The molecule has 94 valence electrons. The highest BCUT2D eigenvalue weighted by Gasteiger charge is 2.03. The highest BCUT2D eigenvalue weighted by Crippen LogP contribution is 2.15. The van der Waals surface area contributed by atoms with Crippen LogP contribution in [0.3, 0.4) is 0 Å². The van der Waals surface area contributed by atoms with Gasteiger partial charge in [-0.25, -0.2) is 0 Å². The average molecular weight is 233 g/mol. The predicted octanol–water partition coefficient (Wildman–Crippen LogP) is 3.27. The summed E-state index contributed by atoms with van der Waals surface area (Å²) in [5.74, 6) is 0.985. The molecular formula is C15H23NO. The first-order valence-electron chi connectivity index (χ1n) is 6.18. The molecule has 0 atom stereocenters. The smallest absolute Gasteiger partial charge is 0.122 e. The summed E-state index contributed by atoms with van der Waals surface area (Å²) in [6, 6.07) is 8.13. The van der Waals surface area contributed by atoms with Crippen molar-refractivity contribution in [2.45, 2.75) is 20.8 Å². The molecule has 0 aliphatic carbocycles. The van der Waals surface area contributed by atoms with Gasteiger partial charge in [0.25, 0.3) is 0 Å². The molecule has 2 nitrogen and oxygen atoms in total. The largest absolute Gasteiger partial charge is 0.492 e. The lowest BCUT2D eigenvalue weighted by Crippen LogP contribution is -2.29. The Hall–Kier alpha value is -1.28. The van der Waals surface area contributed by atoms with Gasteiger partial charge >= 0.3 is 0 Å². The second-order valence-corrected chi connectivity index (χ2v) is 4.44. The molecular weight excluding hydrogens is 210 g/mol. The molecule has 0 N–H and O–H groups in total. The second-order valence-electron chi connectivity index (χ2n) is 4.44. The predicted molar refractivity (Wildman–Crippen MR) is 73.6 cm³/mol. The third-order valence-corrected chi connectivity index (χ3v) is 2.70. The molecule has 0 saturated carbocycles. The van der Waals surface area contributed by atoms with Crippen LogP contribution in [0.25, 0.3) is 0 Å². The van der Waals surface area contributed by atoms with Crippen molar-refractivity contribution < 1.29 is 4.74 Å². The van der Waals surface area contributed by atoms with Gasteiger partial charge in [0.1, 0.15) is 12.4 Å². The molecule has 1 aromatic carbocycles. The molecule has 0 saturated heterocycles. The Morgan fingerprint density at radius 3 is 2.65 bits per heavy atom. The molecule has 1 aromatic rings. The monoisotopic (exact) mass is 233 g/mol. The second kappa shape index (κ2) is 7.13. The third-order valence-electron chi connectivity index (χ3n) is 2.70. The van der Waals surface area contributed by atoms with Crippen molar-refractivity contribution in [3.63, 3.8) is 0 Å². The zero-order valence-electron chi connectivity index (χ0n) is 11.2. The Kier molecular flexibility index (Phi) is 5.78. The van der Waals surface area contributed by atoms with E-state index in [0.29, 0.717) is 0 Å². The van der Waals surface area contributed by atoms with E-state index in [1.807, 2.05) is 18.2 Å². The van der Waals surface area contributed by atoms with Crippen molar-refractivity contribution in [1.82, 2.24) is 4.90 Å². The van der Waals surface area contributed by atoms with E-state index in [0.717, 1.165) is 32.0 Å². The van der Waals surface area contributed by atoms with E-state index in [1.165, 1.54) is 11.1 Å². The van der Waals surface area contributed by atoms with Crippen LogP contribution in [0.4, 0.5) is 0 Å². The van der Waals surface area contributed by atoms with E-state index in [1.54, 1.807) is 0 Å². The van der Waals surface area contributed by atoms with Gasteiger partial charge in [0.2, 0.25) is 0 Å². The summed E-state index contributed by atoms with van der Waals surface area (Å²) in [6.07, 6.45) is 0. The van der Waals surface area contributed by atoms with E-state index in [2.05, 4.69) is 38.3 Å². The van der Waals surface area contributed by atoms with Crippen LogP contribution >= 0.6 is 0 Å². The molecule has 0 aliphatic rings. The number of para-hydroxylation sites is 1. The van der Waals surface area contributed by atoms with Gasteiger partial charge in [0.15, 0.2) is 0 Å². The Bertz CT molecular complexity index is 360. The molecule has 0 aromatic heterocycles. The highest BCUT2D eigenvalue weighted by molar-refractivity contribution is 5.31. The number of hydrogen-bond donors (Lipinski definition) is 0. The number of aryl methyl sites for hydroxylation is 1. The Morgan fingerprint density at radius 1 is 1.35 bits per heavy atom. The van der Waals surface area contributed by atoms with Crippen LogP contribution in [0.15, 0.2) is 36.4 Å². The summed E-state index contributed by atoms with van der Waals surface area (Å²) in [7, 11) is 0. The summed E-state index contributed by atoms with van der Waals surface area (Å²) in [4.78, 5) is 2.33. The summed E-state index contributed by atoms with van der Waals surface area (Å²) in [6.45, 7) is 13.9. The molecule has 2 heteroatoms. The first kappa shape index (κ1) is 13.8. The van der Waals surface area contributed by atoms with E-state index in [9.17, 15) is 0 Å². The van der Waals surface area contributed by atoms with Gasteiger partial charge in [-0.05, 0) is 32.0 Å². The molecule has 0 fully saturated rings. The van der Waals surface area contributed by atoms with Crippen LogP contribution < -0.4 is 4.74 Å². The minimum Gasteiger partial charge on any atom is -0.492 e. The number of nitrogens with zero attached hydrogens (tertiary/aromatic N) is 1. The molecule has 0 spiro atoms. The van der Waals surface area contributed by atoms with Crippen molar-refractivity contribution in [1.29, 1.82) is 0 Å². The maximum absolute atomic E-state index is 5.78. The molecule has 0 aliphatic heterocycles. The normalized spacial score (nSPS) is 10.6. The third kappa shape index (κ3) is 5.05. The average Bonchev–Trinajstić information content (AvgIpc) is 2.29. The van der Waals surface area contributed by atoms with Crippen LogP contribution in [0.2, 0.25) is 0 Å². The molecule has 0 bridgehead atoms. The van der Waals surface area contributed by atoms with Crippen molar-refractivity contribution in [3.05, 3.63) is 42.0 Å². The minimum absolute atomic E-state index is 0.728. The zero-order valence-corrected chi connectivity index (χ0v) is 11.2. The van der Waals surface area contributed by atoms with Gasteiger partial charge in [-0.15, -0.1) is 0 Å². The number of rotatable bonds is 7. The van der Waals surface area contributed by atoms with Gasteiger partial charge in [-0.2, -0.15) is 0 Å². The molecule has 17 heavy (non-hydrogen) atoms. The summed E-state index contributed by atoms with van der Waals surface area (Å²) >= 11 is 0. The fourth-order valence-corrected chi connectivity index (χ4v) is 1.73. The fraction of sp³-hybridized carbons (Fsp3) is 0.467. The van der Waals surface area contributed by atoms with Crippen LogP contribution in [0.1, 0.15) is 19.4 Å². The van der Waals surface area contributed by atoms with Crippen molar-refractivity contribution >= 4 is 0 Å². The van der Waals surface area contributed by atoms with Crippen molar-refractivity contribution in [3.8, 4) is 5.75 Å². The molecule has 0 amide bonds. The van der Waals surface area contributed by atoms with Gasteiger partial charge in [0.05, 0.1) is 0 Å².